The lowest BCUT2D eigenvalue weighted by molar-refractivity contribution is 0.211. The van der Waals surface area contributed by atoms with Gasteiger partial charge in [-0.05, 0) is 30.2 Å². The minimum Gasteiger partial charge on any atom is -0.341 e. The molecule has 1 aromatic carbocycles. The van der Waals surface area contributed by atoms with E-state index in [9.17, 15) is 9.18 Å². The van der Waals surface area contributed by atoms with Crippen molar-refractivity contribution in [2.45, 2.75) is 6.42 Å². The van der Waals surface area contributed by atoms with E-state index < -0.39 is 0 Å². The molecule has 88 valence electrons. The summed E-state index contributed by atoms with van der Waals surface area (Å²) < 4.78 is 14.2. The maximum atomic E-state index is 13.4. The molecule has 1 rings (SSSR count). The molecule has 5 heteroatoms. The molecular formula is C11H14BrFN2O. The van der Waals surface area contributed by atoms with Gasteiger partial charge in [-0.1, -0.05) is 15.9 Å². The smallest absolute Gasteiger partial charge is 0.316 e. The van der Waals surface area contributed by atoms with Gasteiger partial charge < -0.3 is 10.2 Å². The van der Waals surface area contributed by atoms with E-state index in [-0.39, 0.29) is 11.8 Å². The molecule has 0 spiro atoms. The number of likely N-dealkylation sites (N-methyl/N-ethyl adjacent to an activating group) is 1. The summed E-state index contributed by atoms with van der Waals surface area (Å²) in [5.74, 6) is -0.242. The first-order valence-electron chi connectivity index (χ1n) is 4.91. The second kappa shape index (κ2) is 5.84. The molecule has 0 aliphatic heterocycles. The SMILES string of the molecule is CNC(=O)N(C)CCc1cc(Br)ccc1F. The number of hydrogen-bond acceptors (Lipinski definition) is 1. The van der Waals surface area contributed by atoms with Crippen LogP contribution in [0.5, 0.6) is 0 Å². The maximum absolute atomic E-state index is 13.4. The van der Waals surface area contributed by atoms with E-state index in [1.54, 1.807) is 26.2 Å². The third-order valence-electron chi connectivity index (χ3n) is 2.28. The normalized spacial score (nSPS) is 10.0. The molecular weight excluding hydrogens is 275 g/mol. The summed E-state index contributed by atoms with van der Waals surface area (Å²) in [7, 11) is 3.24. The van der Waals surface area contributed by atoms with Crippen molar-refractivity contribution < 1.29 is 9.18 Å². The van der Waals surface area contributed by atoms with Gasteiger partial charge in [0, 0.05) is 25.1 Å². The van der Waals surface area contributed by atoms with Crippen molar-refractivity contribution in [3.8, 4) is 0 Å². The summed E-state index contributed by atoms with van der Waals surface area (Å²) in [6, 6.07) is 4.63. The Bertz CT molecular complexity index is 384. The van der Waals surface area contributed by atoms with Crippen LogP contribution in [0.2, 0.25) is 0 Å². The molecule has 3 nitrogen and oxygen atoms in total. The second-order valence-corrected chi connectivity index (χ2v) is 4.38. The van der Waals surface area contributed by atoms with Crippen LogP contribution in [0, 0.1) is 5.82 Å². The largest absolute Gasteiger partial charge is 0.341 e. The van der Waals surface area contributed by atoms with Crippen LogP contribution in [-0.2, 0) is 6.42 Å². The molecule has 0 atom stereocenters. The number of nitrogens with zero attached hydrogens (tertiary/aromatic N) is 1. The van der Waals surface area contributed by atoms with Crippen LogP contribution in [0.4, 0.5) is 9.18 Å². The molecule has 0 saturated carbocycles. The summed E-state index contributed by atoms with van der Waals surface area (Å²) in [5, 5.41) is 2.51. The molecule has 0 aromatic heterocycles. The quantitative estimate of drug-likeness (QED) is 0.910. The summed E-state index contributed by atoms with van der Waals surface area (Å²) in [6.45, 7) is 0.479. The number of benzene rings is 1. The van der Waals surface area contributed by atoms with Gasteiger partial charge in [0.2, 0.25) is 0 Å². The Morgan fingerprint density at radius 2 is 2.25 bits per heavy atom. The van der Waals surface area contributed by atoms with Crippen LogP contribution in [0.15, 0.2) is 22.7 Å². The first-order valence-corrected chi connectivity index (χ1v) is 5.70. The Labute approximate surface area is 103 Å². The van der Waals surface area contributed by atoms with Crippen LogP contribution in [0.3, 0.4) is 0 Å². The Morgan fingerprint density at radius 1 is 1.56 bits per heavy atom. The fourth-order valence-corrected chi connectivity index (χ4v) is 1.72. The topological polar surface area (TPSA) is 32.3 Å². The van der Waals surface area contributed by atoms with E-state index in [1.165, 1.54) is 11.0 Å². The number of urea groups is 1. The molecule has 0 saturated heterocycles. The Balaban J connectivity index is 2.60. The zero-order chi connectivity index (χ0) is 12.1. The number of halogens is 2. The summed E-state index contributed by atoms with van der Waals surface area (Å²) in [4.78, 5) is 12.7. The number of carbonyl (C=O) groups excluding carboxylic acids is 1. The van der Waals surface area contributed by atoms with Gasteiger partial charge in [0.15, 0.2) is 0 Å². The molecule has 0 bridgehead atoms. The lowest BCUT2D eigenvalue weighted by atomic mass is 10.1. The third kappa shape index (κ3) is 3.48. The molecule has 16 heavy (non-hydrogen) atoms. The number of carbonyl (C=O) groups is 1. The zero-order valence-electron chi connectivity index (χ0n) is 9.26. The third-order valence-corrected chi connectivity index (χ3v) is 2.78. The molecule has 1 N–H and O–H groups in total. The van der Waals surface area contributed by atoms with Crippen LogP contribution in [0.1, 0.15) is 5.56 Å². The van der Waals surface area contributed by atoms with Gasteiger partial charge in [0.05, 0.1) is 0 Å². The van der Waals surface area contributed by atoms with Gasteiger partial charge in [0.25, 0.3) is 0 Å². The summed E-state index contributed by atoms with van der Waals surface area (Å²) >= 11 is 3.29. The predicted molar refractivity (Wildman–Crippen MR) is 64.9 cm³/mol. The van der Waals surface area contributed by atoms with Crippen LogP contribution in [-0.4, -0.2) is 31.6 Å². The molecule has 0 fully saturated rings. The fourth-order valence-electron chi connectivity index (χ4n) is 1.32. The van der Waals surface area contributed by atoms with Crippen molar-refractivity contribution in [2.24, 2.45) is 0 Å². The number of nitrogens with one attached hydrogen (secondary N) is 1. The van der Waals surface area contributed by atoms with Gasteiger partial charge in [-0.2, -0.15) is 0 Å². The predicted octanol–water partition coefficient (Wildman–Crippen LogP) is 2.40. The van der Waals surface area contributed by atoms with Gasteiger partial charge in [-0.15, -0.1) is 0 Å². The molecule has 2 amide bonds. The van der Waals surface area contributed by atoms with E-state index in [0.29, 0.717) is 18.5 Å². The fraction of sp³-hybridized carbons (Fsp3) is 0.364. The van der Waals surface area contributed by atoms with E-state index >= 15 is 0 Å². The van der Waals surface area contributed by atoms with Crippen molar-refractivity contribution in [3.63, 3.8) is 0 Å². The van der Waals surface area contributed by atoms with E-state index in [2.05, 4.69) is 21.2 Å². The van der Waals surface area contributed by atoms with Gasteiger partial charge in [0.1, 0.15) is 5.82 Å². The average Bonchev–Trinajstić information content (AvgIpc) is 2.28. The van der Waals surface area contributed by atoms with Crippen molar-refractivity contribution in [3.05, 3.63) is 34.1 Å². The van der Waals surface area contributed by atoms with Gasteiger partial charge >= 0.3 is 6.03 Å². The minimum absolute atomic E-state index is 0.171. The van der Waals surface area contributed by atoms with E-state index in [1.807, 2.05) is 0 Å². The highest BCUT2D eigenvalue weighted by molar-refractivity contribution is 9.10. The van der Waals surface area contributed by atoms with Crippen LogP contribution < -0.4 is 5.32 Å². The van der Waals surface area contributed by atoms with Crippen LogP contribution >= 0.6 is 15.9 Å². The van der Waals surface area contributed by atoms with Gasteiger partial charge in [-0.25, -0.2) is 9.18 Å². The standard InChI is InChI=1S/C11H14BrFN2O/c1-14-11(16)15(2)6-5-8-7-9(12)3-4-10(8)13/h3-4,7H,5-6H2,1-2H3,(H,14,16). The lowest BCUT2D eigenvalue weighted by Gasteiger charge is -2.16. The summed E-state index contributed by atoms with van der Waals surface area (Å²) in [6.07, 6.45) is 0.495. The Morgan fingerprint density at radius 3 is 2.88 bits per heavy atom. The molecule has 0 aliphatic carbocycles. The molecule has 0 unspecified atom stereocenters. The molecule has 0 heterocycles. The highest BCUT2D eigenvalue weighted by atomic mass is 79.9. The highest BCUT2D eigenvalue weighted by Crippen LogP contribution is 2.16. The first-order chi connectivity index (χ1) is 7.54. The average molecular weight is 289 g/mol. The minimum atomic E-state index is -0.242. The molecule has 1 aromatic rings. The van der Waals surface area contributed by atoms with E-state index in [0.717, 1.165) is 4.47 Å². The Hall–Kier alpha value is -1.10. The number of amides is 2. The van der Waals surface area contributed by atoms with Crippen molar-refractivity contribution >= 4 is 22.0 Å². The van der Waals surface area contributed by atoms with Gasteiger partial charge in [-0.3, -0.25) is 0 Å². The first kappa shape index (κ1) is 13.0. The second-order valence-electron chi connectivity index (χ2n) is 3.46. The number of rotatable bonds is 3. The highest BCUT2D eigenvalue weighted by Gasteiger charge is 2.08. The van der Waals surface area contributed by atoms with Crippen molar-refractivity contribution in [1.29, 1.82) is 0 Å². The number of hydrogen-bond donors (Lipinski definition) is 1. The lowest BCUT2D eigenvalue weighted by Crippen LogP contribution is -2.36. The van der Waals surface area contributed by atoms with Crippen LogP contribution in [0.25, 0.3) is 0 Å². The Kier molecular flexibility index (Phi) is 4.73. The van der Waals surface area contributed by atoms with Crippen molar-refractivity contribution in [2.75, 3.05) is 20.6 Å². The molecule has 0 aliphatic rings. The molecule has 0 radical (unpaired) electrons. The monoisotopic (exact) mass is 288 g/mol. The zero-order valence-corrected chi connectivity index (χ0v) is 10.8. The van der Waals surface area contributed by atoms with E-state index in [4.69, 9.17) is 0 Å². The summed E-state index contributed by atoms with van der Waals surface area (Å²) in [5.41, 5.74) is 0.602. The van der Waals surface area contributed by atoms with Crippen molar-refractivity contribution in [1.82, 2.24) is 10.2 Å². The maximum Gasteiger partial charge on any atom is 0.316 e.